The monoisotopic (exact) mass is 168 g/mol. The second-order valence-corrected chi connectivity index (χ2v) is 4.26. The highest BCUT2D eigenvalue weighted by atomic mass is 15.2. The van der Waals surface area contributed by atoms with E-state index < -0.39 is 0 Å². The molecule has 2 nitrogen and oxygen atoms in total. The minimum Gasteiger partial charge on any atom is -0.326 e. The van der Waals surface area contributed by atoms with Crippen molar-refractivity contribution in [2.24, 2.45) is 5.73 Å². The molecule has 0 spiro atoms. The van der Waals surface area contributed by atoms with Crippen LogP contribution in [0.3, 0.4) is 0 Å². The van der Waals surface area contributed by atoms with E-state index >= 15 is 0 Å². The zero-order valence-electron chi connectivity index (χ0n) is 7.84. The second-order valence-electron chi connectivity index (χ2n) is 4.26. The lowest BCUT2D eigenvalue weighted by Gasteiger charge is -2.35. The SMILES string of the molecule is N[C@H]1CCCC[C@@H]1N1CCCC1. The molecule has 1 saturated carbocycles. The highest BCUT2D eigenvalue weighted by molar-refractivity contribution is 4.87. The fourth-order valence-electron chi connectivity index (χ4n) is 2.67. The summed E-state index contributed by atoms with van der Waals surface area (Å²) in [6, 6.07) is 1.19. The summed E-state index contributed by atoms with van der Waals surface area (Å²) >= 11 is 0. The highest BCUT2D eigenvalue weighted by Crippen LogP contribution is 2.24. The number of likely N-dealkylation sites (tertiary alicyclic amines) is 1. The molecule has 1 saturated heterocycles. The molecule has 2 N–H and O–H groups in total. The number of nitrogens with zero attached hydrogens (tertiary/aromatic N) is 1. The van der Waals surface area contributed by atoms with Crippen molar-refractivity contribution < 1.29 is 0 Å². The predicted molar refractivity (Wildman–Crippen MR) is 51.0 cm³/mol. The summed E-state index contributed by atoms with van der Waals surface area (Å²) in [5.74, 6) is 0. The largest absolute Gasteiger partial charge is 0.326 e. The summed E-state index contributed by atoms with van der Waals surface area (Å²) in [6.45, 7) is 2.61. The van der Waals surface area contributed by atoms with E-state index in [4.69, 9.17) is 5.73 Å². The Morgan fingerprint density at radius 3 is 2.25 bits per heavy atom. The first kappa shape index (κ1) is 8.52. The standard InChI is InChI=1S/C10H20N2/c11-9-5-1-2-6-10(9)12-7-3-4-8-12/h9-10H,1-8,11H2/t9-,10-/m0/s1. The van der Waals surface area contributed by atoms with Crippen LogP contribution in [0.25, 0.3) is 0 Å². The molecule has 0 aromatic carbocycles. The molecule has 12 heavy (non-hydrogen) atoms. The van der Waals surface area contributed by atoms with Crippen LogP contribution >= 0.6 is 0 Å². The van der Waals surface area contributed by atoms with Crippen LogP contribution in [0.2, 0.25) is 0 Å². The third-order valence-electron chi connectivity index (χ3n) is 3.39. The van der Waals surface area contributed by atoms with E-state index in [-0.39, 0.29) is 0 Å². The predicted octanol–water partition coefficient (Wildman–Crippen LogP) is 1.35. The summed E-state index contributed by atoms with van der Waals surface area (Å²) in [6.07, 6.45) is 8.13. The number of nitrogens with two attached hydrogens (primary N) is 1. The average Bonchev–Trinajstić information content (AvgIpc) is 2.57. The van der Waals surface area contributed by atoms with Crippen LogP contribution in [0.15, 0.2) is 0 Å². The Balaban J connectivity index is 1.91. The van der Waals surface area contributed by atoms with Gasteiger partial charge in [-0.2, -0.15) is 0 Å². The summed E-state index contributed by atoms with van der Waals surface area (Å²) in [4.78, 5) is 2.61. The minimum absolute atomic E-state index is 0.469. The van der Waals surface area contributed by atoms with Gasteiger partial charge >= 0.3 is 0 Å². The van der Waals surface area contributed by atoms with E-state index in [9.17, 15) is 0 Å². The van der Waals surface area contributed by atoms with Crippen LogP contribution < -0.4 is 5.73 Å². The Bertz CT molecular complexity index is 141. The zero-order chi connectivity index (χ0) is 8.39. The summed E-state index contributed by atoms with van der Waals surface area (Å²) < 4.78 is 0. The second kappa shape index (κ2) is 3.75. The lowest BCUT2D eigenvalue weighted by Crippen LogP contribution is -2.48. The first-order chi connectivity index (χ1) is 5.88. The first-order valence-electron chi connectivity index (χ1n) is 5.37. The zero-order valence-corrected chi connectivity index (χ0v) is 7.84. The van der Waals surface area contributed by atoms with Crippen LogP contribution in [0, 0.1) is 0 Å². The van der Waals surface area contributed by atoms with Crippen LogP contribution in [0.4, 0.5) is 0 Å². The topological polar surface area (TPSA) is 29.3 Å². The van der Waals surface area contributed by atoms with E-state index in [2.05, 4.69) is 4.90 Å². The Morgan fingerprint density at radius 1 is 0.917 bits per heavy atom. The van der Waals surface area contributed by atoms with Crippen molar-refractivity contribution in [1.82, 2.24) is 4.90 Å². The van der Waals surface area contributed by atoms with Gasteiger partial charge in [0.05, 0.1) is 0 Å². The minimum atomic E-state index is 0.469. The molecule has 2 aliphatic rings. The smallest absolute Gasteiger partial charge is 0.0247 e. The molecule has 0 unspecified atom stereocenters. The average molecular weight is 168 g/mol. The molecule has 0 aromatic heterocycles. The maximum atomic E-state index is 6.12. The molecule has 2 heteroatoms. The van der Waals surface area contributed by atoms with E-state index in [1.54, 1.807) is 0 Å². The third kappa shape index (κ3) is 1.64. The van der Waals surface area contributed by atoms with E-state index in [0.29, 0.717) is 6.04 Å². The number of hydrogen-bond donors (Lipinski definition) is 1. The maximum Gasteiger partial charge on any atom is 0.0247 e. The van der Waals surface area contributed by atoms with Crippen molar-refractivity contribution in [3.05, 3.63) is 0 Å². The molecule has 2 rings (SSSR count). The van der Waals surface area contributed by atoms with Gasteiger partial charge in [-0.05, 0) is 38.8 Å². The molecule has 70 valence electrons. The Kier molecular flexibility index (Phi) is 2.66. The first-order valence-corrected chi connectivity index (χ1v) is 5.37. The Morgan fingerprint density at radius 2 is 1.58 bits per heavy atom. The van der Waals surface area contributed by atoms with Gasteiger partial charge in [-0.1, -0.05) is 12.8 Å². The van der Waals surface area contributed by atoms with Crippen LogP contribution in [-0.4, -0.2) is 30.1 Å². The lowest BCUT2D eigenvalue weighted by molar-refractivity contribution is 0.168. The number of rotatable bonds is 1. The van der Waals surface area contributed by atoms with Gasteiger partial charge in [0.2, 0.25) is 0 Å². The van der Waals surface area contributed by atoms with Crippen molar-refractivity contribution in [2.45, 2.75) is 50.6 Å². The molecular formula is C10H20N2. The molecule has 1 aliphatic heterocycles. The van der Waals surface area contributed by atoms with Crippen LogP contribution in [0.1, 0.15) is 38.5 Å². The van der Waals surface area contributed by atoms with Gasteiger partial charge in [0.1, 0.15) is 0 Å². The molecule has 1 aliphatic carbocycles. The van der Waals surface area contributed by atoms with Crippen molar-refractivity contribution in [2.75, 3.05) is 13.1 Å². The van der Waals surface area contributed by atoms with Gasteiger partial charge in [0, 0.05) is 12.1 Å². The fourth-order valence-corrected chi connectivity index (χ4v) is 2.67. The molecule has 0 amide bonds. The van der Waals surface area contributed by atoms with Crippen LogP contribution in [0.5, 0.6) is 0 Å². The van der Waals surface area contributed by atoms with Gasteiger partial charge < -0.3 is 5.73 Å². The van der Waals surface area contributed by atoms with Crippen LogP contribution in [-0.2, 0) is 0 Å². The fraction of sp³-hybridized carbons (Fsp3) is 1.00. The maximum absolute atomic E-state index is 6.12. The molecule has 0 aromatic rings. The van der Waals surface area contributed by atoms with Gasteiger partial charge in [-0.15, -0.1) is 0 Å². The quantitative estimate of drug-likeness (QED) is 0.640. The highest BCUT2D eigenvalue weighted by Gasteiger charge is 2.28. The van der Waals surface area contributed by atoms with E-state index in [1.807, 2.05) is 0 Å². The van der Waals surface area contributed by atoms with Gasteiger partial charge in [0.15, 0.2) is 0 Å². The summed E-state index contributed by atoms with van der Waals surface area (Å²) in [5.41, 5.74) is 6.12. The van der Waals surface area contributed by atoms with Crippen molar-refractivity contribution in [3.63, 3.8) is 0 Å². The molecule has 0 radical (unpaired) electrons. The van der Waals surface area contributed by atoms with Gasteiger partial charge in [-0.3, -0.25) is 4.90 Å². The van der Waals surface area contributed by atoms with Crippen molar-refractivity contribution >= 4 is 0 Å². The molecule has 0 bridgehead atoms. The summed E-state index contributed by atoms with van der Waals surface area (Å²) in [7, 11) is 0. The summed E-state index contributed by atoms with van der Waals surface area (Å²) in [5, 5.41) is 0. The third-order valence-corrected chi connectivity index (χ3v) is 3.39. The van der Waals surface area contributed by atoms with Crippen molar-refractivity contribution in [1.29, 1.82) is 0 Å². The molecular weight excluding hydrogens is 148 g/mol. The Hall–Kier alpha value is -0.0800. The van der Waals surface area contributed by atoms with E-state index in [1.165, 1.54) is 51.6 Å². The van der Waals surface area contributed by atoms with Gasteiger partial charge in [-0.25, -0.2) is 0 Å². The van der Waals surface area contributed by atoms with Gasteiger partial charge in [0.25, 0.3) is 0 Å². The Labute approximate surface area is 75.1 Å². The molecule has 2 fully saturated rings. The number of hydrogen-bond acceptors (Lipinski definition) is 2. The lowest BCUT2D eigenvalue weighted by atomic mass is 9.90. The van der Waals surface area contributed by atoms with E-state index in [0.717, 1.165) is 6.04 Å². The van der Waals surface area contributed by atoms with Crippen molar-refractivity contribution in [3.8, 4) is 0 Å². The molecule has 2 atom stereocenters. The molecule has 1 heterocycles. The normalized spacial score (nSPS) is 38.8.